The molecule has 6 nitrogen and oxygen atoms in total. The molecule has 0 aromatic heterocycles. The normalized spacial score (nSPS) is 19.5. The molecule has 148 valence electrons. The first-order chi connectivity index (χ1) is 13.6. The minimum absolute atomic E-state index is 0.200. The first-order valence-corrected chi connectivity index (χ1v) is 9.21. The molecule has 0 unspecified atom stereocenters. The van der Waals surface area contributed by atoms with E-state index in [2.05, 4.69) is 15.8 Å². The summed E-state index contributed by atoms with van der Waals surface area (Å²) >= 11 is 0. The largest absolute Gasteiger partial charge is 0.496 e. The van der Waals surface area contributed by atoms with Crippen molar-refractivity contribution in [2.75, 3.05) is 26.7 Å². The zero-order chi connectivity index (χ0) is 19.9. The minimum atomic E-state index is -0.765. The number of carboxylic acid groups (broad SMARTS) is 1. The molecule has 1 saturated heterocycles. The van der Waals surface area contributed by atoms with Gasteiger partial charge in [-0.25, -0.2) is 4.39 Å². The third kappa shape index (κ3) is 4.86. The standard InChI is InChI=1S/C21H24FN3O3/c1-28-20-7-6-17(22)9-19(20)18-5-3-2-4-15(18)13-25-24-11-14-8-16(21(26)27)12-23-10-14/h2-7,9,13-14,16,23-24H,8,10-12H2,1H3,(H,26,27)/b25-13+/t14-,16+/m0/s1. The number of hydrogen-bond donors (Lipinski definition) is 3. The molecule has 0 saturated carbocycles. The zero-order valence-electron chi connectivity index (χ0n) is 15.7. The van der Waals surface area contributed by atoms with Gasteiger partial charge in [0.15, 0.2) is 0 Å². The number of nitrogens with one attached hydrogen (secondary N) is 2. The highest BCUT2D eigenvalue weighted by Crippen LogP contribution is 2.32. The van der Waals surface area contributed by atoms with E-state index in [4.69, 9.17) is 9.84 Å². The number of hydrogen-bond acceptors (Lipinski definition) is 5. The Kier molecular flexibility index (Phi) is 6.60. The number of rotatable bonds is 7. The van der Waals surface area contributed by atoms with Crippen LogP contribution in [0.3, 0.4) is 0 Å². The number of carboxylic acids is 1. The summed E-state index contributed by atoms with van der Waals surface area (Å²) in [7, 11) is 1.55. The number of aliphatic carboxylic acids is 1. The number of halogens is 1. The van der Waals surface area contributed by atoms with Crippen molar-refractivity contribution < 1.29 is 19.0 Å². The van der Waals surface area contributed by atoms with Crippen LogP contribution in [-0.2, 0) is 4.79 Å². The number of benzene rings is 2. The predicted octanol–water partition coefficient (Wildman–Crippen LogP) is 2.74. The second-order valence-corrected chi connectivity index (χ2v) is 6.85. The van der Waals surface area contributed by atoms with E-state index in [1.807, 2.05) is 24.3 Å². The van der Waals surface area contributed by atoms with Crippen LogP contribution in [0.4, 0.5) is 4.39 Å². The number of methoxy groups -OCH3 is 1. The maximum Gasteiger partial charge on any atom is 0.307 e. The van der Waals surface area contributed by atoms with Crippen LogP contribution in [0, 0.1) is 17.7 Å². The first kappa shape index (κ1) is 19.8. The highest BCUT2D eigenvalue weighted by atomic mass is 19.1. The Hall–Kier alpha value is -2.93. The summed E-state index contributed by atoms with van der Waals surface area (Å²) in [6.07, 6.45) is 2.31. The van der Waals surface area contributed by atoms with Gasteiger partial charge in [-0.2, -0.15) is 5.10 Å². The summed E-state index contributed by atoms with van der Waals surface area (Å²) in [4.78, 5) is 11.1. The quantitative estimate of drug-likeness (QED) is 0.504. The summed E-state index contributed by atoms with van der Waals surface area (Å²) in [5, 5.41) is 16.6. The van der Waals surface area contributed by atoms with Crippen LogP contribution >= 0.6 is 0 Å². The molecule has 7 heteroatoms. The molecule has 2 aromatic carbocycles. The lowest BCUT2D eigenvalue weighted by Gasteiger charge is -2.27. The van der Waals surface area contributed by atoms with Crippen LogP contribution < -0.4 is 15.5 Å². The molecule has 2 aromatic rings. The highest BCUT2D eigenvalue weighted by molar-refractivity contribution is 5.91. The van der Waals surface area contributed by atoms with Crippen molar-refractivity contribution in [2.45, 2.75) is 6.42 Å². The van der Waals surface area contributed by atoms with Crippen LogP contribution in [0.25, 0.3) is 11.1 Å². The van der Waals surface area contributed by atoms with Crippen LogP contribution in [-0.4, -0.2) is 44.0 Å². The Morgan fingerprint density at radius 1 is 1.32 bits per heavy atom. The van der Waals surface area contributed by atoms with Crippen LogP contribution in [0.1, 0.15) is 12.0 Å². The Morgan fingerprint density at radius 3 is 2.93 bits per heavy atom. The van der Waals surface area contributed by atoms with Gasteiger partial charge in [0.2, 0.25) is 0 Å². The van der Waals surface area contributed by atoms with Gasteiger partial charge in [-0.05, 0) is 42.6 Å². The fraction of sp³-hybridized carbons (Fsp3) is 0.333. The third-order valence-electron chi connectivity index (χ3n) is 4.88. The second-order valence-electron chi connectivity index (χ2n) is 6.85. The van der Waals surface area contributed by atoms with Crippen LogP contribution in [0.5, 0.6) is 5.75 Å². The maximum absolute atomic E-state index is 13.8. The number of carbonyl (C=O) groups is 1. The van der Waals surface area contributed by atoms with Crippen molar-refractivity contribution in [2.24, 2.45) is 16.9 Å². The molecular formula is C21H24FN3O3. The first-order valence-electron chi connectivity index (χ1n) is 9.21. The van der Waals surface area contributed by atoms with Crippen LogP contribution in [0.2, 0.25) is 0 Å². The van der Waals surface area contributed by atoms with Crippen molar-refractivity contribution in [3.8, 4) is 16.9 Å². The summed E-state index contributed by atoms with van der Waals surface area (Å²) in [6, 6.07) is 12.0. The van der Waals surface area contributed by atoms with E-state index in [1.54, 1.807) is 19.4 Å². The van der Waals surface area contributed by atoms with Crippen molar-refractivity contribution in [1.29, 1.82) is 0 Å². The number of hydrazone groups is 1. The monoisotopic (exact) mass is 385 g/mol. The van der Waals surface area contributed by atoms with Gasteiger partial charge in [0.05, 0.1) is 19.2 Å². The predicted molar refractivity (Wildman–Crippen MR) is 106 cm³/mol. The number of nitrogens with zero attached hydrogens (tertiary/aromatic N) is 1. The molecule has 2 atom stereocenters. The summed E-state index contributed by atoms with van der Waals surface area (Å²) in [6.45, 7) is 1.86. The molecule has 0 amide bonds. The molecule has 0 bridgehead atoms. The molecule has 1 fully saturated rings. The van der Waals surface area contributed by atoms with Gasteiger partial charge in [-0.15, -0.1) is 0 Å². The summed E-state index contributed by atoms with van der Waals surface area (Å²) in [5.74, 6) is -0.670. The Balaban J connectivity index is 1.69. The van der Waals surface area contributed by atoms with E-state index in [0.717, 1.165) is 17.7 Å². The lowest BCUT2D eigenvalue weighted by atomic mass is 9.91. The van der Waals surface area contributed by atoms with E-state index in [9.17, 15) is 9.18 Å². The average molecular weight is 385 g/mol. The molecule has 28 heavy (non-hydrogen) atoms. The smallest absolute Gasteiger partial charge is 0.307 e. The van der Waals surface area contributed by atoms with Crippen molar-refractivity contribution in [3.63, 3.8) is 0 Å². The van der Waals surface area contributed by atoms with Gasteiger partial charge in [0.1, 0.15) is 11.6 Å². The molecule has 0 radical (unpaired) electrons. The van der Waals surface area contributed by atoms with Crippen molar-refractivity contribution in [3.05, 3.63) is 53.8 Å². The van der Waals surface area contributed by atoms with E-state index in [1.165, 1.54) is 12.1 Å². The van der Waals surface area contributed by atoms with E-state index < -0.39 is 5.97 Å². The lowest BCUT2D eigenvalue weighted by Crippen LogP contribution is -2.42. The topological polar surface area (TPSA) is 83.0 Å². The lowest BCUT2D eigenvalue weighted by molar-refractivity contribution is -0.142. The van der Waals surface area contributed by atoms with Gasteiger partial charge in [-0.3, -0.25) is 4.79 Å². The van der Waals surface area contributed by atoms with Gasteiger partial charge in [-0.1, -0.05) is 24.3 Å². The molecule has 3 rings (SSSR count). The Bertz CT molecular complexity index is 857. The third-order valence-corrected chi connectivity index (χ3v) is 4.88. The molecule has 1 aliphatic heterocycles. The Labute approximate surface area is 163 Å². The number of piperidine rings is 1. The van der Waals surface area contributed by atoms with E-state index in [-0.39, 0.29) is 17.7 Å². The van der Waals surface area contributed by atoms with E-state index >= 15 is 0 Å². The molecule has 1 aliphatic rings. The van der Waals surface area contributed by atoms with Gasteiger partial charge in [0.25, 0.3) is 0 Å². The van der Waals surface area contributed by atoms with Crippen molar-refractivity contribution >= 4 is 12.2 Å². The van der Waals surface area contributed by atoms with Crippen LogP contribution in [0.15, 0.2) is 47.6 Å². The van der Waals surface area contributed by atoms with Gasteiger partial charge < -0.3 is 20.6 Å². The SMILES string of the molecule is COc1ccc(F)cc1-c1ccccc1/C=N/NC[C@@H]1CNC[C@H](C(=O)O)C1. The van der Waals surface area contributed by atoms with Gasteiger partial charge >= 0.3 is 5.97 Å². The van der Waals surface area contributed by atoms with E-state index in [0.29, 0.717) is 30.8 Å². The Morgan fingerprint density at radius 2 is 2.14 bits per heavy atom. The summed E-state index contributed by atoms with van der Waals surface area (Å²) < 4.78 is 19.1. The molecule has 0 spiro atoms. The molecule has 1 heterocycles. The van der Waals surface area contributed by atoms with Crippen molar-refractivity contribution in [1.82, 2.24) is 10.7 Å². The average Bonchev–Trinajstić information content (AvgIpc) is 2.71. The second kappa shape index (κ2) is 9.32. The molecular weight excluding hydrogens is 361 g/mol. The minimum Gasteiger partial charge on any atom is -0.496 e. The number of ether oxygens (including phenoxy) is 1. The molecule has 0 aliphatic carbocycles. The summed E-state index contributed by atoms with van der Waals surface area (Å²) in [5.41, 5.74) is 5.31. The fourth-order valence-electron chi connectivity index (χ4n) is 3.42. The molecule has 3 N–H and O–H groups in total. The zero-order valence-corrected chi connectivity index (χ0v) is 15.7. The fourth-order valence-corrected chi connectivity index (χ4v) is 3.42. The van der Waals surface area contributed by atoms with Gasteiger partial charge in [0, 0.05) is 24.2 Å². The highest BCUT2D eigenvalue weighted by Gasteiger charge is 2.26. The maximum atomic E-state index is 13.8.